The third kappa shape index (κ3) is 3.04. The van der Waals surface area contributed by atoms with E-state index in [2.05, 4.69) is 26.3 Å². The van der Waals surface area contributed by atoms with Crippen LogP contribution in [0, 0.1) is 12.7 Å². The lowest BCUT2D eigenvalue weighted by atomic mass is 10.1. The molecule has 5 heteroatoms. The molecule has 0 unspecified atom stereocenters. The number of hydrogen-bond donors (Lipinski definition) is 1. The van der Waals surface area contributed by atoms with Gasteiger partial charge in [-0.2, -0.15) is 5.10 Å². The van der Waals surface area contributed by atoms with Gasteiger partial charge in [0.05, 0.1) is 15.9 Å². The van der Waals surface area contributed by atoms with Gasteiger partial charge in [0.25, 0.3) is 0 Å². The van der Waals surface area contributed by atoms with Crippen LogP contribution in [0.3, 0.4) is 0 Å². The first-order valence-electron chi connectivity index (χ1n) is 6.16. The Morgan fingerprint density at radius 1 is 1.42 bits per heavy atom. The zero-order valence-corrected chi connectivity index (χ0v) is 12.8. The van der Waals surface area contributed by atoms with Gasteiger partial charge in [-0.15, -0.1) is 0 Å². The van der Waals surface area contributed by atoms with E-state index in [1.54, 1.807) is 12.1 Å². The Labute approximate surface area is 121 Å². The van der Waals surface area contributed by atoms with E-state index in [1.807, 2.05) is 31.6 Å². The van der Waals surface area contributed by atoms with Crippen LogP contribution in [0.15, 0.2) is 28.7 Å². The van der Waals surface area contributed by atoms with Gasteiger partial charge in [-0.3, -0.25) is 4.68 Å². The van der Waals surface area contributed by atoms with Gasteiger partial charge in [-0.25, -0.2) is 4.39 Å². The first-order valence-corrected chi connectivity index (χ1v) is 6.95. The largest absolute Gasteiger partial charge is 0.304 e. The van der Waals surface area contributed by atoms with E-state index in [-0.39, 0.29) is 11.9 Å². The van der Waals surface area contributed by atoms with Crippen molar-refractivity contribution in [2.75, 3.05) is 0 Å². The van der Waals surface area contributed by atoms with Gasteiger partial charge in [-0.1, -0.05) is 18.2 Å². The van der Waals surface area contributed by atoms with Gasteiger partial charge in [0, 0.05) is 25.2 Å². The SMILES string of the molecule is Cc1nn(C)c(CN[C@H](C)c2ccccc2F)c1Br. The molecule has 2 aromatic rings. The predicted molar refractivity (Wildman–Crippen MR) is 77.3 cm³/mol. The Morgan fingerprint density at radius 2 is 2.11 bits per heavy atom. The Balaban J connectivity index is 2.09. The Hall–Kier alpha value is -1.20. The van der Waals surface area contributed by atoms with E-state index in [0.29, 0.717) is 12.1 Å². The van der Waals surface area contributed by atoms with Crippen molar-refractivity contribution in [1.29, 1.82) is 0 Å². The normalized spacial score (nSPS) is 12.7. The standard InChI is InChI=1S/C14H17BrFN3/c1-9(11-6-4-5-7-12(11)16)17-8-13-14(15)10(2)18-19(13)3/h4-7,9,17H,8H2,1-3H3/t9-/m1/s1. The zero-order chi connectivity index (χ0) is 14.0. The maximum atomic E-state index is 13.7. The monoisotopic (exact) mass is 325 g/mol. The van der Waals surface area contributed by atoms with Crippen LogP contribution in [0.5, 0.6) is 0 Å². The van der Waals surface area contributed by atoms with Gasteiger partial charge in [0.2, 0.25) is 0 Å². The molecule has 1 atom stereocenters. The Kier molecular flexibility index (Phi) is 4.37. The second-order valence-electron chi connectivity index (χ2n) is 4.59. The summed E-state index contributed by atoms with van der Waals surface area (Å²) < 4.78 is 16.5. The molecule has 102 valence electrons. The fourth-order valence-electron chi connectivity index (χ4n) is 2.06. The van der Waals surface area contributed by atoms with Crippen LogP contribution in [-0.2, 0) is 13.6 Å². The Morgan fingerprint density at radius 3 is 2.68 bits per heavy atom. The van der Waals surface area contributed by atoms with Crippen LogP contribution in [0.4, 0.5) is 4.39 Å². The second-order valence-corrected chi connectivity index (χ2v) is 5.39. The number of rotatable bonds is 4. The molecule has 1 heterocycles. The van der Waals surface area contributed by atoms with E-state index in [4.69, 9.17) is 0 Å². The maximum absolute atomic E-state index is 13.7. The molecule has 0 saturated carbocycles. The van der Waals surface area contributed by atoms with Crippen LogP contribution in [0.1, 0.15) is 29.9 Å². The molecule has 1 aromatic carbocycles. The summed E-state index contributed by atoms with van der Waals surface area (Å²) in [5.41, 5.74) is 2.69. The molecule has 0 saturated heterocycles. The molecule has 0 aliphatic heterocycles. The molecule has 0 spiro atoms. The number of nitrogens with zero attached hydrogens (tertiary/aromatic N) is 2. The van der Waals surface area contributed by atoms with Crippen molar-refractivity contribution in [1.82, 2.24) is 15.1 Å². The summed E-state index contributed by atoms with van der Waals surface area (Å²) in [4.78, 5) is 0. The molecule has 1 aromatic heterocycles. The van der Waals surface area contributed by atoms with Crippen LogP contribution >= 0.6 is 15.9 Å². The minimum absolute atomic E-state index is 0.0525. The van der Waals surface area contributed by atoms with Crippen molar-refractivity contribution in [2.45, 2.75) is 26.4 Å². The van der Waals surface area contributed by atoms with Crippen molar-refractivity contribution in [2.24, 2.45) is 7.05 Å². The number of benzene rings is 1. The van der Waals surface area contributed by atoms with E-state index in [9.17, 15) is 4.39 Å². The van der Waals surface area contributed by atoms with Crippen molar-refractivity contribution >= 4 is 15.9 Å². The molecule has 1 N–H and O–H groups in total. The number of aromatic nitrogens is 2. The first kappa shape index (κ1) is 14.2. The summed E-state index contributed by atoms with van der Waals surface area (Å²) in [6.07, 6.45) is 0. The molecule has 3 nitrogen and oxygen atoms in total. The van der Waals surface area contributed by atoms with Crippen molar-refractivity contribution < 1.29 is 4.39 Å². The second kappa shape index (κ2) is 5.84. The van der Waals surface area contributed by atoms with E-state index in [0.717, 1.165) is 15.9 Å². The summed E-state index contributed by atoms with van der Waals surface area (Å²) in [6, 6.07) is 6.78. The lowest BCUT2D eigenvalue weighted by Crippen LogP contribution is -2.20. The minimum atomic E-state index is -0.178. The topological polar surface area (TPSA) is 29.9 Å². The smallest absolute Gasteiger partial charge is 0.127 e. The number of halogens is 2. The van der Waals surface area contributed by atoms with E-state index < -0.39 is 0 Å². The molecular weight excluding hydrogens is 309 g/mol. The van der Waals surface area contributed by atoms with Crippen LogP contribution in [-0.4, -0.2) is 9.78 Å². The van der Waals surface area contributed by atoms with Gasteiger partial charge in [0.15, 0.2) is 0 Å². The molecular formula is C14H17BrFN3. The molecule has 0 bridgehead atoms. The number of hydrogen-bond acceptors (Lipinski definition) is 2. The summed E-state index contributed by atoms with van der Waals surface area (Å²) in [7, 11) is 1.91. The molecule has 19 heavy (non-hydrogen) atoms. The third-order valence-electron chi connectivity index (χ3n) is 3.21. The average Bonchev–Trinajstić information content (AvgIpc) is 2.61. The van der Waals surface area contributed by atoms with Crippen molar-refractivity contribution in [3.63, 3.8) is 0 Å². The van der Waals surface area contributed by atoms with Gasteiger partial charge in [0.1, 0.15) is 5.82 Å². The summed E-state index contributed by atoms with van der Waals surface area (Å²) >= 11 is 3.52. The van der Waals surface area contributed by atoms with Crippen LogP contribution in [0.2, 0.25) is 0 Å². The minimum Gasteiger partial charge on any atom is -0.304 e. The number of aryl methyl sites for hydroxylation is 2. The molecule has 0 aliphatic rings. The fourth-order valence-corrected chi connectivity index (χ4v) is 2.53. The summed E-state index contributed by atoms with van der Waals surface area (Å²) in [6.45, 7) is 4.54. The lowest BCUT2D eigenvalue weighted by molar-refractivity contribution is 0.514. The third-order valence-corrected chi connectivity index (χ3v) is 4.24. The molecule has 0 aliphatic carbocycles. The first-order chi connectivity index (χ1) is 9.00. The fraction of sp³-hybridized carbons (Fsp3) is 0.357. The van der Waals surface area contributed by atoms with Crippen molar-refractivity contribution in [3.8, 4) is 0 Å². The predicted octanol–water partition coefficient (Wildman–Crippen LogP) is 3.48. The Bertz CT molecular complexity index is 580. The molecule has 0 amide bonds. The van der Waals surface area contributed by atoms with Crippen molar-refractivity contribution in [3.05, 3.63) is 51.5 Å². The van der Waals surface area contributed by atoms with Gasteiger partial charge < -0.3 is 5.32 Å². The molecule has 2 rings (SSSR count). The molecule has 0 fully saturated rings. The molecule has 0 radical (unpaired) electrons. The van der Waals surface area contributed by atoms with Gasteiger partial charge in [-0.05, 0) is 35.8 Å². The highest BCUT2D eigenvalue weighted by molar-refractivity contribution is 9.10. The van der Waals surface area contributed by atoms with E-state index in [1.165, 1.54) is 6.07 Å². The lowest BCUT2D eigenvalue weighted by Gasteiger charge is -2.15. The maximum Gasteiger partial charge on any atom is 0.127 e. The average molecular weight is 326 g/mol. The van der Waals surface area contributed by atoms with Crippen LogP contribution < -0.4 is 5.32 Å². The highest BCUT2D eigenvalue weighted by atomic mass is 79.9. The summed E-state index contributed by atoms with van der Waals surface area (Å²) in [5, 5.41) is 7.65. The number of nitrogens with one attached hydrogen (secondary N) is 1. The van der Waals surface area contributed by atoms with Crippen LogP contribution in [0.25, 0.3) is 0 Å². The zero-order valence-electron chi connectivity index (χ0n) is 11.2. The quantitative estimate of drug-likeness (QED) is 0.932. The summed E-state index contributed by atoms with van der Waals surface area (Å²) in [5.74, 6) is -0.178. The van der Waals surface area contributed by atoms with E-state index >= 15 is 0 Å². The highest BCUT2D eigenvalue weighted by Gasteiger charge is 2.13. The highest BCUT2D eigenvalue weighted by Crippen LogP contribution is 2.22. The van der Waals surface area contributed by atoms with Gasteiger partial charge >= 0.3 is 0 Å².